The minimum absolute atomic E-state index is 0.0967. The molecular weight excluding hydrogens is 300 g/mol. The van der Waals surface area contributed by atoms with Crippen LogP contribution in [0.2, 0.25) is 0 Å². The minimum Gasteiger partial charge on any atom is -0.490 e. The second-order valence-electron chi connectivity index (χ2n) is 7.03. The maximum atomic E-state index is 11.0. The molecule has 0 amide bonds. The lowest BCUT2D eigenvalue weighted by Crippen LogP contribution is -2.24. The third-order valence-corrected chi connectivity index (χ3v) is 3.75. The van der Waals surface area contributed by atoms with E-state index in [1.807, 2.05) is 76.2 Å². The van der Waals surface area contributed by atoms with Gasteiger partial charge in [0.1, 0.15) is 23.2 Å². The first kappa shape index (κ1) is 18.3. The maximum absolute atomic E-state index is 11.0. The summed E-state index contributed by atoms with van der Waals surface area (Å²) in [6.07, 6.45) is 0.206. The summed E-state index contributed by atoms with van der Waals surface area (Å²) in [5.41, 5.74) is 1.16. The Morgan fingerprint density at radius 1 is 0.917 bits per heavy atom. The number of aliphatic hydroxyl groups excluding tert-OH is 1. The van der Waals surface area contributed by atoms with Crippen molar-refractivity contribution < 1.29 is 14.6 Å². The molecule has 2 rings (SSSR count). The summed E-state index contributed by atoms with van der Waals surface area (Å²) in [6, 6.07) is 15.2. The van der Waals surface area contributed by atoms with Gasteiger partial charge in [-0.1, -0.05) is 43.3 Å². The Balaban J connectivity index is 2.38. The van der Waals surface area contributed by atoms with Gasteiger partial charge in [-0.2, -0.15) is 0 Å². The van der Waals surface area contributed by atoms with E-state index in [0.29, 0.717) is 11.5 Å². The molecular formula is C21H28O3. The molecule has 3 heteroatoms. The molecule has 2 aromatic rings. The second-order valence-corrected chi connectivity index (χ2v) is 7.03. The molecule has 2 aromatic carbocycles. The number of benzene rings is 2. The second kappa shape index (κ2) is 7.71. The average molecular weight is 328 g/mol. The first-order chi connectivity index (χ1) is 11.3. The molecule has 3 nitrogen and oxygen atoms in total. The first-order valence-corrected chi connectivity index (χ1v) is 8.53. The van der Waals surface area contributed by atoms with Gasteiger partial charge in [0.25, 0.3) is 0 Å². The molecule has 0 aliphatic carbocycles. The Morgan fingerprint density at radius 2 is 1.42 bits per heavy atom. The molecule has 0 saturated carbocycles. The van der Waals surface area contributed by atoms with Gasteiger partial charge >= 0.3 is 0 Å². The fourth-order valence-corrected chi connectivity index (χ4v) is 2.41. The lowest BCUT2D eigenvalue weighted by atomic mass is 9.99. The fraction of sp³-hybridized carbons (Fsp3) is 0.429. The predicted octanol–water partition coefficient (Wildman–Crippen LogP) is 5.12. The van der Waals surface area contributed by atoms with Crippen molar-refractivity contribution in [3.05, 3.63) is 59.7 Å². The maximum Gasteiger partial charge on any atom is 0.126 e. The van der Waals surface area contributed by atoms with Gasteiger partial charge in [-0.25, -0.2) is 0 Å². The van der Waals surface area contributed by atoms with Gasteiger partial charge in [0.15, 0.2) is 0 Å². The van der Waals surface area contributed by atoms with E-state index >= 15 is 0 Å². The topological polar surface area (TPSA) is 38.7 Å². The van der Waals surface area contributed by atoms with Crippen LogP contribution in [-0.2, 0) is 0 Å². The Morgan fingerprint density at radius 3 is 1.96 bits per heavy atom. The van der Waals surface area contributed by atoms with E-state index in [9.17, 15) is 5.11 Å². The molecule has 24 heavy (non-hydrogen) atoms. The van der Waals surface area contributed by atoms with Crippen LogP contribution in [0.25, 0.3) is 0 Å². The SMILES string of the molecule is CCC(C)Oc1ccccc1C(O)c1ccccc1OC(C)(C)C. The third kappa shape index (κ3) is 4.75. The van der Waals surface area contributed by atoms with Crippen molar-refractivity contribution in [3.8, 4) is 11.5 Å². The molecule has 0 spiro atoms. The fourth-order valence-electron chi connectivity index (χ4n) is 2.41. The van der Waals surface area contributed by atoms with Crippen molar-refractivity contribution in [2.45, 2.75) is 58.8 Å². The summed E-state index contributed by atoms with van der Waals surface area (Å²) in [4.78, 5) is 0. The molecule has 0 saturated heterocycles. The Kier molecular flexibility index (Phi) is 5.89. The highest BCUT2D eigenvalue weighted by Gasteiger charge is 2.22. The Bertz CT molecular complexity index is 658. The molecule has 1 N–H and O–H groups in total. The average Bonchev–Trinajstić information content (AvgIpc) is 2.53. The molecule has 0 aromatic heterocycles. The van der Waals surface area contributed by atoms with E-state index in [4.69, 9.17) is 9.47 Å². The van der Waals surface area contributed by atoms with Crippen molar-refractivity contribution >= 4 is 0 Å². The highest BCUT2D eigenvalue weighted by Crippen LogP contribution is 2.36. The summed E-state index contributed by atoms with van der Waals surface area (Å²) in [7, 11) is 0. The molecule has 2 unspecified atom stereocenters. The molecule has 0 radical (unpaired) electrons. The Labute approximate surface area is 145 Å². The van der Waals surface area contributed by atoms with E-state index < -0.39 is 6.10 Å². The number of para-hydroxylation sites is 2. The number of hydrogen-bond donors (Lipinski definition) is 1. The van der Waals surface area contributed by atoms with Gasteiger partial charge in [0.2, 0.25) is 0 Å². The number of hydrogen-bond acceptors (Lipinski definition) is 3. The zero-order valence-electron chi connectivity index (χ0n) is 15.2. The van der Waals surface area contributed by atoms with E-state index in [0.717, 1.165) is 17.5 Å². The summed E-state index contributed by atoms with van der Waals surface area (Å²) in [5, 5.41) is 11.0. The smallest absolute Gasteiger partial charge is 0.126 e. The van der Waals surface area contributed by atoms with Crippen LogP contribution in [0.1, 0.15) is 58.3 Å². The van der Waals surface area contributed by atoms with Crippen LogP contribution in [0, 0.1) is 0 Å². The van der Waals surface area contributed by atoms with Crippen molar-refractivity contribution in [2.75, 3.05) is 0 Å². The van der Waals surface area contributed by atoms with Crippen molar-refractivity contribution in [1.29, 1.82) is 0 Å². The minimum atomic E-state index is -0.802. The van der Waals surface area contributed by atoms with Gasteiger partial charge < -0.3 is 14.6 Å². The van der Waals surface area contributed by atoms with Crippen molar-refractivity contribution in [1.82, 2.24) is 0 Å². The predicted molar refractivity (Wildman–Crippen MR) is 97.7 cm³/mol. The quantitative estimate of drug-likeness (QED) is 0.799. The monoisotopic (exact) mass is 328 g/mol. The van der Waals surface area contributed by atoms with Gasteiger partial charge in [-0.3, -0.25) is 0 Å². The molecule has 130 valence electrons. The lowest BCUT2D eigenvalue weighted by molar-refractivity contribution is 0.122. The van der Waals surface area contributed by atoms with E-state index in [1.165, 1.54) is 0 Å². The van der Waals surface area contributed by atoms with Crippen LogP contribution in [0.5, 0.6) is 11.5 Å². The number of aliphatic hydroxyl groups is 1. The van der Waals surface area contributed by atoms with E-state index in [-0.39, 0.29) is 11.7 Å². The summed E-state index contributed by atoms with van der Waals surface area (Å²) < 4.78 is 12.0. The van der Waals surface area contributed by atoms with Crippen molar-refractivity contribution in [3.63, 3.8) is 0 Å². The van der Waals surface area contributed by atoms with Crippen LogP contribution in [0.15, 0.2) is 48.5 Å². The van der Waals surface area contributed by atoms with Crippen LogP contribution in [0.3, 0.4) is 0 Å². The largest absolute Gasteiger partial charge is 0.490 e. The highest BCUT2D eigenvalue weighted by atomic mass is 16.5. The standard InChI is InChI=1S/C21H28O3/c1-6-15(2)23-18-13-9-7-11-16(18)20(22)17-12-8-10-14-19(17)24-21(3,4)5/h7-15,20,22H,6H2,1-5H3. The highest BCUT2D eigenvalue weighted by molar-refractivity contribution is 5.45. The van der Waals surface area contributed by atoms with E-state index in [2.05, 4.69) is 6.92 Å². The molecule has 0 heterocycles. The van der Waals surface area contributed by atoms with Crippen LogP contribution < -0.4 is 9.47 Å². The van der Waals surface area contributed by atoms with Gasteiger partial charge in [-0.15, -0.1) is 0 Å². The van der Waals surface area contributed by atoms with E-state index in [1.54, 1.807) is 0 Å². The molecule has 0 aliphatic rings. The van der Waals surface area contributed by atoms with Gasteiger partial charge in [0.05, 0.1) is 6.10 Å². The Hall–Kier alpha value is -2.00. The van der Waals surface area contributed by atoms with Gasteiger partial charge in [0, 0.05) is 11.1 Å². The van der Waals surface area contributed by atoms with Crippen molar-refractivity contribution in [2.24, 2.45) is 0 Å². The van der Waals surface area contributed by atoms with Gasteiger partial charge in [-0.05, 0) is 46.2 Å². The molecule has 2 atom stereocenters. The summed E-state index contributed by atoms with van der Waals surface area (Å²) >= 11 is 0. The number of rotatable bonds is 6. The third-order valence-electron chi connectivity index (χ3n) is 3.75. The number of ether oxygens (including phenoxy) is 2. The summed E-state index contributed by atoms with van der Waals surface area (Å²) in [6.45, 7) is 10.1. The van der Waals surface area contributed by atoms with Crippen LogP contribution >= 0.6 is 0 Å². The zero-order valence-corrected chi connectivity index (χ0v) is 15.2. The lowest BCUT2D eigenvalue weighted by Gasteiger charge is -2.25. The van der Waals surface area contributed by atoms with Crippen LogP contribution in [0.4, 0.5) is 0 Å². The summed E-state index contributed by atoms with van der Waals surface area (Å²) in [5.74, 6) is 1.40. The first-order valence-electron chi connectivity index (χ1n) is 8.53. The molecule has 0 fully saturated rings. The zero-order chi connectivity index (χ0) is 17.7. The normalized spacial score (nSPS) is 14.1. The van der Waals surface area contributed by atoms with Crippen LogP contribution in [-0.4, -0.2) is 16.8 Å². The molecule has 0 bridgehead atoms. The molecule has 0 aliphatic heterocycles.